The van der Waals surface area contributed by atoms with Crippen LogP contribution >= 0.6 is 24.0 Å². The number of benzene rings is 3. The van der Waals surface area contributed by atoms with E-state index in [1.54, 1.807) is 36.7 Å². The van der Waals surface area contributed by atoms with Gasteiger partial charge in [-0.3, -0.25) is 14.6 Å². The van der Waals surface area contributed by atoms with Gasteiger partial charge in [-0.05, 0) is 79.3 Å². The Hall–Kier alpha value is -4.01. The lowest BCUT2D eigenvalue weighted by Gasteiger charge is -2.18. The molecule has 0 fully saturated rings. The van der Waals surface area contributed by atoms with Crippen molar-refractivity contribution in [3.05, 3.63) is 115 Å². The number of hydrogen-bond donors (Lipinski definition) is 3. The molecule has 0 saturated heterocycles. The van der Waals surface area contributed by atoms with Gasteiger partial charge in [-0.15, -0.1) is 11.8 Å². The quantitative estimate of drug-likeness (QED) is 0.140. The predicted octanol–water partition coefficient (Wildman–Crippen LogP) is 6.57. The molecule has 1 heterocycles. The van der Waals surface area contributed by atoms with E-state index in [2.05, 4.69) is 20.9 Å². The van der Waals surface area contributed by atoms with Crippen LogP contribution in [0.4, 0.5) is 17.1 Å². The molecule has 1 unspecified atom stereocenters. The molecule has 4 rings (SSSR count). The zero-order chi connectivity index (χ0) is 25.3. The van der Waals surface area contributed by atoms with E-state index in [0.717, 1.165) is 21.8 Å². The minimum Gasteiger partial charge on any atom is -0.332 e. The minimum absolute atomic E-state index is 0.0137. The molecule has 8 heteroatoms. The van der Waals surface area contributed by atoms with Crippen LogP contribution in [-0.2, 0) is 4.79 Å². The number of aromatic nitrogens is 1. The van der Waals surface area contributed by atoms with Crippen molar-refractivity contribution in [2.75, 3.05) is 16.0 Å². The molecule has 0 aliphatic heterocycles. The molecule has 3 N–H and O–H groups in total. The number of hydrogen-bond acceptors (Lipinski definition) is 5. The monoisotopic (exact) mass is 512 g/mol. The summed E-state index contributed by atoms with van der Waals surface area (Å²) in [5.74, 6) is -0.109. The first-order chi connectivity index (χ1) is 17.5. The van der Waals surface area contributed by atoms with Gasteiger partial charge in [0.2, 0.25) is 5.91 Å². The van der Waals surface area contributed by atoms with Gasteiger partial charge in [0.1, 0.15) is 5.25 Å². The van der Waals surface area contributed by atoms with Gasteiger partial charge in [0, 0.05) is 39.9 Å². The molecule has 1 amide bonds. The Labute approximate surface area is 219 Å². The number of thiocarbonyl (C=S) groups is 1. The largest absolute Gasteiger partial charge is 0.332 e. The molecule has 0 saturated carbocycles. The number of anilines is 3. The third kappa shape index (κ3) is 7.00. The molecule has 1 atom stereocenters. The summed E-state index contributed by atoms with van der Waals surface area (Å²) in [5.41, 5.74) is 3.81. The maximum atomic E-state index is 13.2. The summed E-state index contributed by atoms with van der Waals surface area (Å²) in [7, 11) is 0. The van der Waals surface area contributed by atoms with E-state index in [-0.39, 0.29) is 11.7 Å². The number of rotatable bonds is 8. The normalized spacial score (nSPS) is 11.2. The molecule has 0 bridgehead atoms. The molecule has 180 valence electrons. The highest BCUT2D eigenvalue weighted by Crippen LogP contribution is 2.37. The molecule has 0 radical (unpaired) electrons. The van der Waals surface area contributed by atoms with E-state index in [9.17, 15) is 9.59 Å². The van der Waals surface area contributed by atoms with E-state index in [1.807, 2.05) is 66.7 Å². The minimum atomic E-state index is -0.459. The van der Waals surface area contributed by atoms with Crippen LogP contribution in [0.25, 0.3) is 0 Å². The van der Waals surface area contributed by atoms with Crippen molar-refractivity contribution in [3.63, 3.8) is 0 Å². The van der Waals surface area contributed by atoms with Gasteiger partial charge in [0.05, 0.1) is 0 Å². The smallest absolute Gasteiger partial charge is 0.242 e. The second-order valence-corrected chi connectivity index (χ2v) is 9.46. The van der Waals surface area contributed by atoms with E-state index >= 15 is 0 Å². The zero-order valence-electron chi connectivity index (χ0n) is 19.5. The van der Waals surface area contributed by atoms with Crippen molar-refractivity contribution < 1.29 is 9.59 Å². The van der Waals surface area contributed by atoms with Crippen LogP contribution in [-0.4, -0.2) is 21.8 Å². The summed E-state index contributed by atoms with van der Waals surface area (Å²) in [6.45, 7) is 1.53. The molecule has 0 aliphatic rings. The molecule has 0 spiro atoms. The van der Waals surface area contributed by atoms with Crippen LogP contribution in [0, 0.1) is 0 Å². The highest BCUT2D eigenvalue weighted by atomic mass is 32.2. The SMILES string of the molecule is CC(=O)c1ccc(NC(=S)Nc2cccc(SC(C(=O)Nc3ccncc3)c3ccccc3)c2)cc1. The maximum absolute atomic E-state index is 13.2. The van der Waals surface area contributed by atoms with E-state index in [1.165, 1.54) is 18.7 Å². The van der Waals surface area contributed by atoms with Gasteiger partial charge >= 0.3 is 0 Å². The highest BCUT2D eigenvalue weighted by molar-refractivity contribution is 8.00. The van der Waals surface area contributed by atoms with Crippen molar-refractivity contribution in [3.8, 4) is 0 Å². The highest BCUT2D eigenvalue weighted by Gasteiger charge is 2.22. The molecule has 36 heavy (non-hydrogen) atoms. The number of amides is 1. The van der Waals surface area contributed by atoms with Crippen molar-refractivity contribution in [1.82, 2.24) is 4.98 Å². The van der Waals surface area contributed by atoms with Crippen LogP contribution in [0.1, 0.15) is 28.1 Å². The Morgan fingerprint density at radius 1 is 0.778 bits per heavy atom. The Kier molecular flexibility index (Phi) is 8.44. The lowest BCUT2D eigenvalue weighted by atomic mass is 10.1. The molecule has 3 aromatic carbocycles. The number of thioether (sulfide) groups is 1. The number of pyridine rings is 1. The first-order valence-corrected chi connectivity index (χ1v) is 12.5. The van der Waals surface area contributed by atoms with Gasteiger partial charge < -0.3 is 16.0 Å². The predicted molar refractivity (Wildman–Crippen MR) is 151 cm³/mol. The fraction of sp³-hybridized carbons (Fsp3) is 0.0714. The van der Waals surface area contributed by atoms with Crippen molar-refractivity contribution in [2.45, 2.75) is 17.1 Å². The first-order valence-electron chi connectivity index (χ1n) is 11.2. The molecular weight excluding hydrogens is 488 g/mol. The Morgan fingerprint density at radius 2 is 1.44 bits per heavy atom. The van der Waals surface area contributed by atoms with Crippen LogP contribution in [0.15, 0.2) is 108 Å². The van der Waals surface area contributed by atoms with Crippen molar-refractivity contribution in [2.24, 2.45) is 0 Å². The van der Waals surface area contributed by atoms with Crippen molar-refractivity contribution in [1.29, 1.82) is 0 Å². The number of carbonyl (C=O) groups is 2. The Balaban J connectivity index is 1.46. The molecular formula is C28H24N4O2S2. The third-order valence-electron chi connectivity index (χ3n) is 5.18. The molecule has 4 aromatic rings. The number of Topliss-reactive ketones (excluding diaryl/α,β-unsaturated/α-hetero) is 1. The van der Waals surface area contributed by atoms with Gasteiger partial charge in [-0.1, -0.05) is 36.4 Å². The topological polar surface area (TPSA) is 83.1 Å². The van der Waals surface area contributed by atoms with Crippen LogP contribution < -0.4 is 16.0 Å². The second-order valence-electron chi connectivity index (χ2n) is 7.87. The Morgan fingerprint density at radius 3 is 2.14 bits per heavy atom. The van der Waals surface area contributed by atoms with Crippen LogP contribution in [0.5, 0.6) is 0 Å². The number of ketones is 1. The second kappa shape index (κ2) is 12.1. The average molecular weight is 513 g/mol. The van der Waals surface area contributed by atoms with E-state index < -0.39 is 5.25 Å². The van der Waals surface area contributed by atoms with Gasteiger partial charge in [-0.25, -0.2) is 0 Å². The van der Waals surface area contributed by atoms with Gasteiger partial charge in [0.25, 0.3) is 0 Å². The fourth-order valence-electron chi connectivity index (χ4n) is 3.41. The summed E-state index contributed by atoms with van der Waals surface area (Å²) in [6.07, 6.45) is 3.29. The average Bonchev–Trinajstić information content (AvgIpc) is 2.89. The summed E-state index contributed by atoms with van der Waals surface area (Å²) in [6, 6.07) is 28.1. The third-order valence-corrected chi connectivity index (χ3v) is 6.64. The summed E-state index contributed by atoms with van der Waals surface area (Å²) >= 11 is 6.91. The molecule has 6 nitrogen and oxygen atoms in total. The zero-order valence-corrected chi connectivity index (χ0v) is 21.1. The van der Waals surface area contributed by atoms with Crippen molar-refractivity contribution >= 4 is 57.8 Å². The van der Waals surface area contributed by atoms with Gasteiger partial charge in [0.15, 0.2) is 10.9 Å². The standard InChI is InChI=1S/C28H24N4O2S2/c1-19(33)20-10-12-22(13-11-20)31-28(35)32-24-8-5-9-25(18-24)36-26(21-6-3-2-4-7-21)27(34)30-23-14-16-29-17-15-23/h2-18,26H,1H3,(H,29,30,34)(H2,31,32,35). The lowest BCUT2D eigenvalue weighted by molar-refractivity contribution is -0.115. The van der Waals surface area contributed by atoms with Crippen LogP contribution in [0.2, 0.25) is 0 Å². The Bertz CT molecular complexity index is 1350. The molecule has 1 aromatic heterocycles. The lowest BCUT2D eigenvalue weighted by Crippen LogP contribution is -2.19. The van der Waals surface area contributed by atoms with E-state index in [4.69, 9.17) is 12.2 Å². The van der Waals surface area contributed by atoms with Crippen LogP contribution in [0.3, 0.4) is 0 Å². The summed E-state index contributed by atoms with van der Waals surface area (Å²) < 4.78 is 0. The number of carbonyl (C=O) groups excluding carboxylic acids is 2. The van der Waals surface area contributed by atoms with E-state index in [0.29, 0.717) is 16.4 Å². The fourth-order valence-corrected chi connectivity index (χ4v) is 4.73. The summed E-state index contributed by atoms with van der Waals surface area (Å²) in [4.78, 5) is 29.6. The molecule has 0 aliphatic carbocycles. The number of nitrogens with zero attached hydrogens (tertiary/aromatic N) is 1. The first kappa shape index (κ1) is 25.1. The maximum Gasteiger partial charge on any atom is 0.242 e. The number of nitrogens with one attached hydrogen (secondary N) is 3. The van der Waals surface area contributed by atoms with Gasteiger partial charge in [-0.2, -0.15) is 0 Å². The summed E-state index contributed by atoms with van der Waals surface area (Å²) in [5, 5.41) is 9.24.